The van der Waals surface area contributed by atoms with Gasteiger partial charge in [0.15, 0.2) is 9.84 Å². The van der Waals surface area contributed by atoms with Gasteiger partial charge < -0.3 is 9.64 Å². The zero-order valence-electron chi connectivity index (χ0n) is 15.8. The van der Waals surface area contributed by atoms with Gasteiger partial charge >= 0.3 is 0 Å². The molecule has 3 rings (SSSR count). The maximum Gasteiger partial charge on any atom is 0.151 e. The van der Waals surface area contributed by atoms with Crippen LogP contribution in [0.4, 0.5) is 5.69 Å². The third-order valence-corrected chi connectivity index (χ3v) is 6.27. The number of hydrogen-bond donors (Lipinski definition) is 0. The molecule has 5 nitrogen and oxygen atoms in total. The summed E-state index contributed by atoms with van der Waals surface area (Å²) in [6.45, 7) is 5.21. The fraction of sp³-hybridized carbons (Fsp3) is 0.400. The van der Waals surface area contributed by atoms with Crippen molar-refractivity contribution < 1.29 is 13.2 Å². The minimum Gasteiger partial charge on any atom is -0.492 e. The molecule has 2 aromatic carbocycles. The van der Waals surface area contributed by atoms with Crippen molar-refractivity contribution in [3.8, 4) is 5.75 Å². The molecule has 0 radical (unpaired) electrons. The molecule has 0 atom stereocenters. The molecule has 1 aliphatic rings. The van der Waals surface area contributed by atoms with Crippen molar-refractivity contribution in [2.75, 3.05) is 50.5 Å². The van der Waals surface area contributed by atoms with E-state index in [-0.39, 0.29) is 5.75 Å². The molecule has 152 valence electrons. The monoisotopic (exact) mass is 442 g/mol. The highest BCUT2D eigenvalue weighted by molar-refractivity contribution is 7.89. The molecule has 0 unspecified atom stereocenters. The Labute approximate surface area is 176 Å². The molecule has 1 fully saturated rings. The summed E-state index contributed by atoms with van der Waals surface area (Å²) in [5.74, 6) is 0.808. The zero-order chi connectivity index (χ0) is 20.1. The summed E-state index contributed by atoms with van der Waals surface area (Å²) in [6.07, 6.45) is 1.23. The lowest BCUT2D eigenvalue weighted by Gasteiger charge is -2.36. The van der Waals surface area contributed by atoms with E-state index < -0.39 is 9.84 Å². The minimum atomic E-state index is -3.02. The lowest BCUT2D eigenvalue weighted by Crippen LogP contribution is -2.47. The van der Waals surface area contributed by atoms with E-state index >= 15 is 0 Å². The lowest BCUT2D eigenvalue weighted by atomic mass is 10.2. The van der Waals surface area contributed by atoms with Gasteiger partial charge in [-0.3, -0.25) is 4.90 Å². The largest absolute Gasteiger partial charge is 0.492 e. The van der Waals surface area contributed by atoms with E-state index in [1.807, 2.05) is 30.3 Å². The number of sulfone groups is 1. The predicted octanol–water partition coefficient (Wildman–Crippen LogP) is 3.74. The van der Waals surface area contributed by atoms with E-state index in [9.17, 15) is 8.42 Å². The van der Waals surface area contributed by atoms with Crippen molar-refractivity contribution in [3.63, 3.8) is 0 Å². The summed E-state index contributed by atoms with van der Waals surface area (Å²) in [7, 11) is -3.02. The van der Waals surface area contributed by atoms with Crippen molar-refractivity contribution in [1.29, 1.82) is 0 Å². The molecule has 0 amide bonds. The molecule has 1 saturated heterocycles. The molecule has 28 heavy (non-hydrogen) atoms. The van der Waals surface area contributed by atoms with Crippen LogP contribution in [0, 0.1) is 0 Å². The standard InChI is InChI=1S/C20H24Cl2N2O3S/c1-28(25,26)15-16-2-5-18(6-3-16)27-13-12-23-8-10-24(11-9-23)17-4-7-19(21)20(22)14-17/h2-7,14H,8-13,15H2,1H3. The van der Waals surface area contributed by atoms with E-state index in [0.29, 0.717) is 16.7 Å². The number of benzene rings is 2. The van der Waals surface area contributed by atoms with Gasteiger partial charge in [-0.05, 0) is 35.9 Å². The first-order chi connectivity index (χ1) is 13.3. The van der Waals surface area contributed by atoms with E-state index in [0.717, 1.165) is 49.7 Å². The van der Waals surface area contributed by atoms with E-state index in [2.05, 4.69) is 9.80 Å². The molecule has 2 aromatic rings. The first-order valence-electron chi connectivity index (χ1n) is 9.12. The van der Waals surface area contributed by atoms with Crippen molar-refractivity contribution in [2.24, 2.45) is 0 Å². The van der Waals surface area contributed by atoms with Crippen LogP contribution in [0.2, 0.25) is 10.0 Å². The molecular weight excluding hydrogens is 419 g/mol. The van der Waals surface area contributed by atoms with Crippen LogP contribution in [0.3, 0.4) is 0 Å². The highest BCUT2D eigenvalue weighted by atomic mass is 35.5. The second-order valence-corrected chi connectivity index (χ2v) is 9.94. The Hall–Kier alpha value is -1.47. The molecule has 0 spiro atoms. The van der Waals surface area contributed by atoms with Gasteiger partial charge in [0.1, 0.15) is 12.4 Å². The first kappa shape index (κ1) is 21.2. The first-order valence-corrected chi connectivity index (χ1v) is 11.9. The van der Waals surface area contributed by atoms with Gasteiger partial charge in [0.2, 0.25) is 0 Å². The van der Waals surface area contributed by atoms with Gasteiger partial charge in [-0.15, -0.1) is 0 Å². The van der Waals surface area contributed by atoms with Crippen LogP contribution in [-0.2, 0) is 15.6 Å². The number of hydrogen-bond acceptors (Lipinski definition) is 5. The van der Waals surface area contributed by atoms with Crippen molar-refractivity contribution in [1.82, 2.24) is 4.90 Å². The van der Waals surface area contributed by atoms with Crippen LogP contribution in [0.1, 0.15) is 5.56 Å². The van der Waals surface area contributed by atoms with Crippen molar-refractivity contribution in [3.05, 3.63) is 58.1 Å². The number of nitrogens with zero attached hydrogens (tertiary/aromatic N) is 2. The Morgan fingerprint density at radius 3 is 2.25 bits per heavy atom. The second kappa shape index (κ2) is 9.35. The normalized spacial score (nSPS) is 15.6. The molecule has 0 saturated carbocycles. The summed E-state index contributed by atoms with van der Waals surface area (Å²) in [5, 5.41) is 1.16. The molecule has 1 heterocycles. The number of halogens is 2. The average Bonchev–Trinajstić information content (AvgIpc) is 2.65. The molecule has 0 N–H and O–H groups in total. The van der Waals surface area contributed by atoms with Crippen LogP contribution < -0.4 is 9.64 Å². The maximum atomic E-state index is 11.3. The Morgan fingerprint density at radius 2 is 1.64 bits per heavy atom. The Bertz CT molecular complexity index is 896. The average molecular weight is 443 g/mol. The molecule has 8 heteroatoms. The van der Waals surface area contributed by atoms with Crippen LogP contribution in [-0.4, -0.2) is 58.9 Å². The van der Waals surface area contributed by atoms with E-state index in [4.69, 9.17) is 27.9 Å². The predicted molar refractivity (Wildman–Crippen MR) is 116 cm³/mol. The van der Waals surface area contributed by atoms with E-state index in [1.54, 1.807) is 12.1 Å². The maximum absolute atomic E-state index is 11.3. The topological polar surface area (TPSA) is 49.9 Å². The third-order valence-electron chi connectivity index (χ3n) is 4.67. The number of anilines is 1. The third kappa shape index (κ3) is 6.27. The quantitative estimate of drug-likeness (QED) is 0.653. The van der Waals surface area contributed by atoms with Gasteiger partial charge in [0.05, 0.1) is 15.8 Å². The lowest BCUT2D eigenvalue weighted by molar-refractivity contribution is 0.200. The van der Waals surface area contributed by atoms with Crippen molar-refractivity contribution in [2.45, 2.75) is 5.75 Å². The van der Waals surface area contributed by atoms with Crippen LogP contribution in [0.5, 0.6) is 5.75 Å². The van der Waals surface area contributed by atoms with Gasteiger partial charge in [-0.2, -0.15) is 0 Å². The smallest absolute Gasteiger partial charge is 0.151 e. The highest BCUT2D eigenvalue weighted by Gasteiger charge is 2.17. The summed E-state index contributed by atoms with van der Waals surface area (Å²) >= 11 is 12.1. The van der Waals surface area contributed by atoms with Crippen LogP contribution in [0.15, 0.2) is 42.5 Å². The fourth-order valence-electron chi connectivity index (χ4n) is 3.19. The van der Waals surface area contributed by atoms with Crippen molar-refractivity contribution >= 4 is 38.7 Å². The van der Waals surface area contributed by atoms with Crippen LogP contribution >= 0.6 is 23.2 Å². The van der Waals surface area contributed by atoms with Crippen LogP contribution in [0.25, 0.3) is 0 Å². The molecule has 1 aliphatic heterocycles. The molecule has 0 aliphatic carbocycles. The molecule has 0 aromatic heterocycles. The summed E-state index contributed by atoms with van der Waals surface area (Å²) in [4.78, 5) is 4.67. The van der Waals surface area contributed by atoms with Gasteiger partial charge in [0, 0.05) is 44.7 Å². The zero-order valence-corrected chi connectivity index (χ0v) is 18.1. The SMILES string of the molecule is CS(=O)(=O)Cc1ccc(OCCN2CCN(c3ccc(Cl)c(Cl)c3)CC2)cc1. The second-order valence-electron chi connectivity index (χ2n) is 6.99. The molecular formula is C20H24Cl2N2O3S. The number of piperazine rings is 1. The van der Waals surface area contributed by atoms with Gasteiger partial charge in [-0.1, -0.05) is 35.3 Å². The summed E-state index contributed by atoms with van der Waals surface area (Å²) in [5.41, 5.74) is 1.87. The summed E-state index contributed by atoms with van der Waals surface area (Å²) < 4.78 is 28.4. The van der Waals surface area contributed by atoms with Gasteiger partial charge in [-0.25, -0.2) is 8.42 Å². The van der Waals surface area contributed by atoms with Gasteiger partial charge in [0.25, 0.3) is 0 Å². The number of ether oxygens (including phenoxy) is 1. The summed E-state index contributed by atoms with van der Waals surface area (Å²) in [6, 6.07) is 13.0. The minimum absolute atomic E-state index is 0.0520. The highest BCUT2D eigenvalue weighted by Crippen LogP contribution is 2.27. The fourth-order valence-corrected chi connectivity index (χ4v) is 4.28. The Kier molecular flexibility index (Phi) is 7.10. The number of rotatable bonds is 7. The molecule has 0 bridgehead atoms. The Balaban J connectivity index is 1.41. The van der Waals surface area contributed by atoms with E-state index in [1.165, 1.54) is 6.26 Å². The Morgan fingerprint density at radius 1 is 0.964 bits per heavy atom.